The van der Waals surface area contributed by atoms with Crippen LogP contribution in [-0.4, -0.2) is 22.6 Å². The van der Waals surface area contributed by atoms with Gasteiger partial charge in [0, 0.05) is 0 Å². The van der Waals surface area contributed by atoms with Crippen molar-refractivity contribution in [3.8, 4) is 0 Å². The third-order valence-electron chi connectivity index (χ3n) is 3.51. The average Bonchev–Trinajstić information content (AvgIpc) is 2.94. The van der Waals surface area contributed by atoms with E-state index in [1.54, 1.807) is 12.5 Å². The Balaban J connectivity index is 2.47. The zero-order chi connectivity index (χ0) is 14.5. The number of rotatable bonds is 5. The molecule has 1 atom stereocenters. The maximum absolute atomic E-state index is 11.8. The van der Waals surface area contributed by atoms with Crippen molar-refractivity contribution in [3.05, 3.63) is 53.6 Å². The van der Waals surface area contributed by atoms with E-state index in [-0.39, 0.29) is 12.0 Å². The Labute approximate surface area is 119 Å². The molecule has 0 N–H and O–H groups in total. The molecule has 0 aliphatic heterocycles. The number of carbonyl (C=O) groups excluding carboxylic acids is 1. The standard InChI is InChI=1S/C16H20N2O2/c1-4-7-14(13-9-6-5-8-12(13)2)18-11-17-10-15(18)16(19)20-3/h5-6,8-11,14H,4,7H2,1-3H3. The third-order valence-corrected chi connectivity index (χ3v) is 3.51. The SMILES string of the molecule is CCCC(c1ccccc1C)n1cncc1C(=O)OC. The molecule has 1 heterocycles. The van der Waals surface area contributed by atoms with Crippen LogP contribution in [0.25, 0.3) is 0 Å². The van der Waals surface area contributed by atoms with E-state index in [2.05, 4.69) is 31.0 Å². The van der Waals surface area contributed by atoms with Gasteiger partial charge in [0.05, 0.1) is 25.7 Å². The molecular weight excluding hydrogens is 252 g/mol. The highest BCUT2D eigenvalue weighted by Crippen LogP contribution is 2.27. The van der Waals surface area contributed by atoms with Gasteiger partial charge < -0.3 is 9.30 Å². The first-order valence-corrected chi connectivity index (χ1v) is 6.84. The van der Waals surface area contributed by atoms with Crippen LogP contribution in [-0.2, 0) is 4.74 Å². The fraction of sp³-hybridized carbons (Fsp3) is 0.375. The summed E-state index contributed by atoms with van der Waals surface area (Å²) in [7, 11) is 1.39. The first-order valence-electron chi connectivity index (χ1n) is 6.84. The summed E-state index contributed by atoms with van der Waals surface area (Å²) in [6, 6.07) is 8.36. The molecule has 0 aliphatic carbocycles. The van der Waals surface area contributed by atoms with Gasteiger partial charge in [0.2, 0.25) is 0 Å². The van der Waals surface area contributed by atoms with Crippen molar-refractivity contribution in [2.75, 3.05) is 7.11 Å². The van der Waals surface area contributed by atoms with E-state index in [0.717, 1.165) is 12.8 Å². The average molecular weight is 272 g/mol. The van der Waals surface area contributed by atoms with Gasteiger partial charge in [-0.05, 0) is 24.5 Å². The molecule has 0 amide bonds. The van der Waals surface area contributed by atoms with Crippen molar-refractivity contribution in [2.24, 2.45) is 0 Å². The van der Waals surface area contributed by atoms with Crippen molar-refractivity contribution in [2.45, 2.75) is 32.7 Å². The Morgan fingerprint density at radius 3 is 2.80 bits per heavy atom. The number of aryl methyl sites for hydroxylation is 1. The van der Waals surface area contributed by atoms with Crippen LogP contribution >= 0.6 is 0 Å². The van der Waals surface area contributed by atoms with E-state index in [1.807, 2.05) is 16.7 Å². The van der Waals surface area contributed by atoms with Crippen LogP contribution in [0.5, 0.6) is 0 Å². The topological polar surface area (TPSA) is 44.1 Å². The molecule has 2 rings (SSSR count). The predicted octanol–water partition coefficient (Wildman–Crippen LogP) is 3.37. The number of esters is 1. The third kappa shape index (κ3) is 2.74. The van der Waals surface area contributed by atoms with Gasteiger partial charge in [-0.1, -0.05) is 37.6 Å². The van der Waals surface area contributed by atoms with Gasteiger partial charge in [-0.2, -0.15) is 0 Å². The summed E-state index contributed by atoms with van der Waals surface area (Å²) in [5.74, 6) is -0.350. The molecule has 0 bridgehead atoms. The highest BCUT2D eigenvalue weighted by atomic mass is 16.5. The Bertz CT molecular complexity index is 590. The number of hydrogen-bond donors (Lipinski definition) is 0. The number of carbonyl (C=O) groups is 1. The quantitative estimate of drug-likeness (QED) is 0.784. The minimum Gasteiger partial charge on any atom is -0.464 e. The lowest BCUT2D eigenvalue weighted by Gasteiger charge is -2.22. The van der Waals surface area contributed by atoms with Gasteiger partial charge in [-0.3, -0.25) is 0 Å². The summed E-state index contributed by atoms with van der Waals surface area (Å²) in [5.41, 5.74) is 2.93. The minimum atomic E-state index is -0.350. The summed E-state index contributed by atoms with van der Waals surface area (Å²) < 4.78 is 6.74. The van der Waals surface area contributed by atoms with Crippen LogP contribution < -0.4 is 0 Å². The number of ether oxygens (including phenoxy) is 1. The van der Waals surface area contributed by atoms with Crippen LogP contribution in [0, 0.1) is 6.92 Å². The lowest BCUT2D eigenvalue weighted by molar-refractivity contribution is 0.0586. The summed E-state index contributed by atoms with van der Waals surface area (Å²) in [6.45, 7) is 4.23. The van der Waals surface area contributed by atoms with Crippen LogP contribution in [0.2, 0.25) is 0 Å². The van der Waals surface area contributed by atoms with Gasteiger partial charge in [-0.25, -0.2) is 9.78 Å². The van der Waals surface area contributed by atoms with Crippen molar-refractivity contribution < 1.29 is 9.53 Å². The molecule has 1 unspecified atom stereocenters. The lowest BCUT2D eigenvalue weighted by atomic mass is 9.97. The molecular formula is C16H20N2O2. The molecule has 20 heavy (non-hydrogen) atoms. The first-order chi connectivity index (χ1) is 9.69. The van der Waals surface area contributed by atoms with E-state index in [9.17, 15) is 4.79 Å². The number of methoxy groups -OCH3 is 1. The molecule has 1 aromatic heterocycles. The van der Waals surface area contributed by atoms with Crippen molar-refractivity contribution in [3.63, 3.8) is 0 Å². The minimum absolute atomic E-state index is 0.109. The van der Waals surface area contributed by atoms with Crippen LogP contribution in [0.4, 0.5) is 0 Å². The van der Waals surface area contributed by atoms with Crippen LogP contribution in [0.3, 0.4) is 0 Å². The van der Waals surface area contributed by atoms with E-state index < -0.39 is 0 Å². The van der Waals surface area contributed by atoms with Crippen molar-refractivity contribution in [1.29, 1.82) is 0 Å². The summed E-state index contributed by atoms with van der Waals surface area (Å²) in [6.07, 6.45) is 5.24. The fourth-order valence-electron chi connectivity index (χ4n) is 2.49. The van der Waals surface area contributed by atoms with Gasteiger partial charge in [0.1, 0.15) is 5.69 Å². The Hall–Kier alpha value is -2.10. The van der Waals surface area contributed by atoms with E-state index in [1.165, 1.54) is 18.2 Å². The highest BCUT2D eigenvalue weighted by molar-refractivity contribution is 5.87. The van der Waals surface area contributed by atoms with Crippen LogP contribution in [0.1, 0.15) is 47.4 Å². The van der Waals surface area contributed by atoms with Gasteiger partial charge in [0.15, 0.2) is 0 Å². The molecule has 0 radical (unpaired) electrons. The zero-order valence-electron chi connectivity index (χ0n) is 12.2. The number of imidazole rings is 1. The van der Waals surface area contributed by atoms with E-state index in [4.69, 9.17) is 4.74 Å². The molecule has 2 aromatic rings. The van der Waals surface area contributed by atoms with Crippen molar-refractivity contribution in [1.82, 2.24) is 9.55 Å². The van der Waals surface area contributed by atoms with E-state index in [0.29, 0.717) is 5.69 Å². The number of nitrogens with zero attached hydrogens (tertiary/aromatic N) is 2. The van der Waals surface area contributed by atoms with Crippen molar-refractivity contribution >= 4 is 5.97 Å². The zero-order valence-corrected chi connectivity index (χ0v) is 12.2. The number of aromatic nitrogens is 2. The molecule has 0 aliphatic rings. The lowest BCUT2D eigenvalue weighted by Crippen LogP contribution is -2.17. The number of benzene rings is 1. The second-order valence-corrected chi connectivity index (χ2v) is 4.84. The molecule has 0 spiro atoms. The largest absolute Gasteiger partial charge is 0.464 e. The Morgan fingerprint density at radius 2 is 2.15 bits per heavy atom. The van der Waals surface area contributed by atoms with E-state index >= 15 is 0 Å². The second-order valence-electron chi connectivity index (χ2n) is 4.84. The Morgan fingerprint density at radius 1 is 1.40 bits per heavy atom. The van der Waals surface area contributed by atoms with Gasteiger partial charge in [0.25, 0.3) is 0 Å². The molecule has 1 aromatic carbocycles. The van der Waals surface area contributed by atoms with Gasteiger partial charge in [-0.15, -0.1) is 0 Å². The fourth-order valence-corrected chi connectivity index (χ4v) is 2.49. The Kier molecular flexibility index (Phi) is 4.56. The monoisotopic (exact) mass is 272 g/mol. The molecule has 4 nitrogen and oxygen atoms in total. The van der Waals surface area contributed by atoms with Gasteiger partial charge >= 0.3 is 5.97 Å². The molecule has 0 saturated heterocycles. The smallest absolute Gasteiger partial charge is 0.356 e. The summed E-state index contributed by atoms with van der Waals surface area (Å²) in [5, 5.41) is 0. The molecule has 0 fully saturated rings. The molecule has 0 saturated carbocycles. The highest BCUT2D eigenvalue weighted by Gasteiger charge is 2.21. The van der Waals surface area contributed by atoms with Crippen LogP contribution in [0.15, 0.2) is 36.8 Å². The summed E-state index contributed by atoms with van der Waals surface area (Å²) >= 11 is 0. The first kappa shape index (κ1) is 14.3. The number of hydrogen-bond acceptors (Lipinski definition) is 3. The maximum atomic E-state index is 11.8. The summed E-state index contributed by atoms with van der Waals surface area (Å²) in [4.78, 5) is 15.9. The second kappa shape index (κ2) is 6.37. The molecule has 106 valence electrons. The normalized spacial score (nSPS) is 12.2. The molecule has 4 heteroatoms. The maximum Gasteiger partial charge on any atom is 0.356 e. The predicted molar refractivity (Wildman–Crippen MR) is 77.8 cm³/mol.